The molecule has 3 rings (SSSR count). The number of nitrogens with one attached hydrogen (secondary N) is 1. The van der Waals surface area contributed by atoms with Gasteiger partial charge in [-0.15, -0.1) is 0 Å². The van der Waals surface area contributed by atoms with Gasteiger partial charge in [0.2, 0.25) is 5.91 Å². The number of hydrogen-bond donors (Lipinski definition) is 2. The summed E-state index contributed by atoms with van der Waals surface area (Å²) in [5.41, 5.74) is 3.42. The van der Waals surface area contributed by atoms with Gasteiger partial charge in [-0.05, 0) is 61.3 Å². The Labute approximate surface area is 179 Å². The molecule has 0 radical (unpaired) electrons. The van der Waals surface area contributed by atoms with Crippen LogP contribution in [0.1, 0.15) is 79.3 Å². The maximum Gasteiger partial charge on any atom is 0.335 e. The van der Waals surface area contributed by atoms with E-state index in [0.29, 0.717) is 12.0 Å². The van der Waals surface area contributed by atoms with Crippen LogP contribution in [0.15, 0.2) is 48.5 Å². The first kappa shape index (κ1) is 22.1. The zero-order valence-corrected chi connectivity index (χ0v) is 17.7. The standard InChI is InChI=1S/C26H33NO3/c28-25(19-18-20-10-4-5-11-20)27-24-17-9-7-15-22(24)14-3-1-2-12-21-13-6-8-16-23(21)26(29)30/h6-9,13,15-17,20H,1-5,10-12,14,18-19H2,(H,27,28)(H,29,30). The first-order valence-corrected chi connectivity index (χ1v) is 11.3. The van der Waals surface area contributed by atoms with E-state index in [2.05, 4.69) is 11.4 Å². The van der Waals surface area contributed by atoms with Gasteiger partial charge in [-0.1, -0.05) is 68.5 Å². The molecule has 1 fully saturated rings. The summed E-state index contributed by atoms with van der Waals surface area (Å²) < 4.78 is 0. The summed E-state index contributed by atoms with van der Waals surface area (Å²) in [5.74, 6) is 0.0000732. The largest absolute Gasteiger partial charge is 0.478 e. The van der Waals surface area contributed by atoms with Crippen molar-refractivity contribution in [2.75, 3.05) is 5.32 Å². The summed E-state index contributed by atoms with van der Waals surface area (Å²) in [5, 5.41) is 12.4. The highest BCUT2D eigenvalue weighted by molar-refractivity contribution is 5.91. The molecule has 1 aliphatic rings. The number of hydrogen-bond acceptors (Lipinski definition) is 2. The Kier molecular flexibility index (Phi) is 8.49. The Morgan fingerprint density at radius 2 is 1.50 bits per heavy atom. The molecular formula is C26H33NO3. The highest BCUT2D eigenvalue weighted by Gasteiger charge is 2.16. The average Bonchev–Trinajstić information content (AvgIpc) is 3.27. The van der Waals surface area contributed by atoms with Crippen molar-refractivity contribution in [1.82, 2.24) is 0 Å². The zero-order chi connectivity index (χ0) is 21.2. The molecule has 1 amide bonds. The predicted molar refractivity (Wildman–Crippen MR) is 121 cm³/mol. The maximum absolute atomic E-state index is 12.4. The van der Waals surface area contributed by atoms with Crippen molar-refractivity contribution in [3.8, 4) is 0 Å². The lowest BCUT2D eigenvalue weighted by Gasteiger charge is -2.13. The van der Waals surface area contributed by atoms with Gasteiger partial charge in [0.1, 0.15) is 0 Å². The molecule has 0 aliphatic heterocycles. The number of aryl methyl sites for hydroxylation is 2. The molecule has 0 saturated heterocycles. The van der Waals surface area contributed by atoms with Crippen LogP contribution in [-0.4, -0.2) is 17.0 Å². The molecule has 2 N–H and O–H groups in total. The van der Waals surface area contributed by atoms with Crippen LogP contribution in [0.3, 0.4) is 0 Å². The average molecular weight is 408 g/mol. The molecule has 0 aromatic heterocycles. The number of aromatic carboxylic acids is 1. The van der Waals surface area contributed by atoms with E-state index in [1.54, 1.807) is 12.1 Å². The molecule has 160 valence electrons. The lowest BCUT2D eigenvalue weighted by atomic mass is 9.99. The Balaban J connectivity index is 1.42. The first-order valence-electron chi connectivity index (χ1n) is 11.3. The number of amides is 1. The summed E-state index contributed by atoms with van der Waals surface area (Å²) in [6, 6.07) is 15.3. The number of carbonyl (C=O) groups is 2. The van der Waals surface area contributed by atoms with Crippen molar-refractivity contribution in [2.24, 2.45) is 5.92 Å². The first-order chi connectivity index (χ1) is 14.6. The summed E-state index contributed by atoms with van der Waals surface area (Å²) in [7, 11) is 0. The van der Waals surface area contributed by atoms with Gasteiger partial charge in [0.25, 0.3) is 0 Å². The number of benzene rings is 2. The van der Waals surface area contributed by atoms with Crippen LogP contribution in [0.25, 0.3) is 0 Å². The van der Waals surface area contributed by atoms with Crippen molar-refractivity contribution < 1.29 is 14.7 Å². The number of carbonyl (C=O) groups excluding carboxylic acids is 1. The van der Waals surface area contributed by atoms with Gasteiger partial charge in [0.15, 0.2) is 0 Å². The fraction of sp³-hybridized carbons (Fsp3) is 0.462. The van der Waals surface area contributed by atoms with Gasteiger partial charge in [-0.2, -0.15) is 0 Å². The van der Waals surface area contributed by atoms with Gasteiger partial charge in [0.05, 0.1) is 5.56 Å². The minimum Gasteiger partial charge on any atom is -0.478 e. The van der Waals surface area contributed by atoms with E-state index < -0.39 is 5.97 Å². The van der Waals surface area contributed by atoms with Gasteiger partial charge < -0.3 is 10.4 Å². The molecule has 0 unspecified atom stereocenters. The van der Waals surface area contributed by atoms with E-state index in [1.807, 2.05) is 30.3 Å². The molecule has 2 aromatic carbocycles. The van der Waals surface area contributed by atoms with E-state index in [1.165, 1.54) is 31.2 Å². The summed E-state index contributed by atoms with van der Waals surface area (Å²) in [6.45, 7) is 0. The molecule has 0 bridgehead atoms. The number of rotatable bonds is 11. The molecule has 1 aliphatic carbocycles. The molecule has 1 saturated carbocycles. The second kappa shape index (κ2) is 11.5. The van der Waals surface area contributed by atoms with Crippen molar-refractivity contribution in [3.63, 3.8) is 0 Å². The fourth-order valence-corrected chi connectivity index (χ4v) is 4.46. The van der Waals surface area contributed by atoms with Crippen molar-refractivity contribution in [2.45, 2.75) is 70.6 Å². The van der Waals surface area contributed by atoms with E-state index >= 15 is 0 Å². The second-order valence-corrected chi connectivity index (χ2v) is 8.42. The zero-order valence-electron chi connectivity index (χ0n) is 17.7. The molecular weight excluding hydrogens is 374 g/mol. The minimum atomic E-state index is -0.858. The number of carboxylic acids is 1. The third-order valence-electron chi connectivity index (χ3n) is 6.19. The van der Waals surface area contributed by atoms with Crippen LogP contribution in [0.2, 0.25) is 0 Å². The van der Waals surface area contributed by atoms with E-state index in [9.17, 15) is 14.7 Å². The van der Waals surface area contributed by atoms with Crippen LogP contribution in [0.5, 0.6) is 0 Å². The molecule has 30 heavy (non-hydrogen) atoms. The topological polar surface area (TPSA) is 66.4 Å². The Bertz CT molecular complexity index is 840. The molecule has 2 aromatic rings. The van der Waals surface area contributed by atoms with Crippen molar-refractivity contribution in [1.29, 1.82) is 0 Å². The van der Waals surface area contributed by atoms with Crippen molar-refractivity contribution in [3.05, 3.63) is 65.2 Å². The van der Waals surface area contributed by atoms with Crippen LogP contribution in [0, 0.1) is 5.92 Å². The van der Waals surface area contributed by atoms with E-state index in [0.717, 1.165) is 55.7 Å². The van der Waals surface area contributed by atoms with Gasteiger partial charge >= 0.3 is 5.97 Å². The molecule has 0 atom stereocenters. The van der Waals surface area contributed by atoms with Gasteiger partial charge in [0, 0.05) is 12.1 Å². The number of unbranched alkanes of at least 4 members (excludes halogenated alkanes) is 2. The Hall–Kier alpha value is -2.62. The highest BCUT2D eigenvalue weighted by Crippen LogP contribution is 2.28. The van der Waals surface area contributed by atoms with Crippen LogP contribution in [0.4, 0.5) is 5.69 Å². The normalized spacial score (nSPS) is 14.0. The van der Waals surface area contributed by atoms with Gasteiger partial charge in [-0.25, -0.2) is 4.79 Å². The van der Waals surface area contributed by atoms with E-state index in [4.69, 9.17) is 0 Å². The van der Waals surface area contributed by atoms with Crippen molar-refractivity contribution >= 4 is 17.6 Å². The predicted octanol–water partition coefficient (Wildman–Crippen LogP) is 6.25. The van der Waals surface area contributed by atoms with E-state index in [-0.39, 0.29) is 5.91 Å². The Morgan fingerprint density at radius 3 is 2.23 bits per heavy atom. The maximum atomic E-state index is 12.4. The number of anilines is 1. The summed E-state index contributed by atoms with van der Waals surface area (Å²) in [6.07, 6.45) is 11.5. The summed E-state index contributed by atoms with van der Waals surface area (Å²) >= 11 is 0. The number of para-hydroxylation sites is 1. The quantitative estimate of drug-likeness (QED) is 0.433. The lowest BCUT2D eigenvalue weighted by molar-refractivity contribution is -0.116. The third kappa shape index (κ3) is 6.72. The summed E-state index contributed by atoms with van der Waals surface area (Å²) in [4.78, 5) is 23.7. The molecule has 4 heteroatoms. The second-order valence-electron chi connectivity index (χ2n) is 8.42. The van der Waals surface area contributed by atoms with Gasteiger partial charge in [-0.3, -0.25) is 4.79 Å². The fourth-order valence-electron chi connectivity index (χ4n) is 4.46. The highest BCUT2D eigenvalue weighted by atomic mass is 16.4. The van der Waals surface area contributed by atoms with Crippen LogP contribution >= 0.6 is 0 Å². The molecule has 0 spiro atoms. The lowest BCUT2D eigenvalue weighted by Crippen LogP contribution is -2.14. The Morgan fingerprint density at radius 1 is 0.867 bits per heavy atom. The SMILES string of the molecule is O=C(CCC1CCCC1)Nc1ccccc1CCCCCc1ccccc1C(=O)O. The minimum absolute atomic E-state index is 0.125. The van der Waals surface area contributed by atoms with Crippen LogP contribution in [-0.2, 0) is 17.6 Å². The third-order valence-corrected chi connectivity index (χ3v) is 6.19. The molecule has 4 nitrogen and oxygen atoms in total. The van der Waals surface area contributed by atoms with Crippen LogP contribution < -0.4 is 5.32 Å². The molecule has 0 heterocycles. The smallest absolute Gasteiger partial charge is 0.335 e. The number of carboxylic acid groups (broad SMARTS) is 1. The monoisotopic (exact) mass is 407 g/mol.